The quantitative estimate of drug-likeness (QED) is 0.663. The molecule has 3 rings (SSSR count). The Bertz CT molecular complexity index is 976. The number of piperidine rings is 1. The molecule has 154 valence electrons. The maximum atomic E-state index is 13.0. The zero-order valence-electron chi connectivity index (χ0n) is 15.6. The Kier molecular flexibility index (Phi) is 6.60. The lowest BCUT2D eigenvalue weighted by Crippen LogP contribution is -2.43. The van der Waals surface area contributed by atoms with Gasteiger partial charge in [0.2, 0.25) is 21.8 Å². The summed E-state index contributed by atoms with van der Waals surface area (Å²) < 4.78 is 45.5. The van der Waals surface area contributed by atoms with Crippen LogP contribution in [0.4, 0.5) is 4.39 Å². The number of sulfonamides is 1. The van der Waals surface area contributed by atoms with Crippen molar-refractivity contribution in [2.24, 2.45) is 0 Å². The van der Waals surface area contributed by atoms with E-state index in [0.29, 0.717) is 23.5 Å². The highest BCUT2D eigenvalue weighted by molar-refractivity contribution is 7.89. The van der Waals surface area contributed by atoms with Gasteiger partial charge in [0, 0.05) is 25.9 Å². The smallest absolute Gasteiger partial charge is 0.229 e. The standard InChI is InChI=1S/C20H21FN2O5S/c21-16-7-9-17(10-8-16)28-18-4-1-3-15(13-18)14-22-29(26,27)12-11-23-19(24)5-2-6-20(23)25/h1,3-4,7-10,13,22H,2,5-6,11-12,14H2. The first-order chi connectivity index (χ1) is 13.8. The van der Waals surface area contributed by atoms with E-state index in [4.69, 9.17) is 4.74 Å². The molecule has 1 aliphatic heterocycles. The molecule has 1 N–H and O–H groups in total. The Morgan fingerprint density at radius 3 is 2.38 bits per heavy atom. The minimum atomic E-state index is -3.68. The molecule has 1 heterocycles. The lowest BCUT2D eigenvalue weighted by Gasteiger charge is -2.24. The normalized spacial score (nSPS) is 14.9. The van der Waals surface area contributed by atoms with Crippen LogP contribution in [0.15, 0.2) is 48.5 Å². The topological polar surface area (TPSA) is 92.8 Å². The molecule has 0 saturated carbocycles. The van der Waals surface area contributed by atoms with Crippen LogP contribution in [0.3, 0.4) is 0 Å². The molecule has 2 amide bonds. The fourth-order valence-electron chi connectivity index (χ4n) is 2.88. The molecule has 0 aliphatic carbocycles. The maximum absolute atomic E-state index is 13.0. The van der Waals surface area contributed by atoms with Gasteiger partial charge in [-0.05, 0) is 48.4 Å². The third kappa shape index (κ3) is 6.10. The van der Waals surface area contributed by atoms with Gasteiger partial charge in [0.05, 0.1) is 5.75 Å². The number of nitrogens with zero attached hydrogens (tertiary/aromatic N) is 1. The Labute approximate surface area is 168 Å². The van der Waals surface area contributed by atoms with Crippen LogP contribution in [0.25, 0.3) is 0 Å². The molecular formula is C20H21FN2O5S. The van der Waals surface area contributed by atoms with Gasteiger partial charge in [-0.2, -0.15) is 0 Å². The van der Waals surface area contributed by atoms with Crippen LogP contribution in [0.2, 0.25) is 0 Å². The zero-order valence-corrected chi connectivity index (χ0v) is 16.5. The van der Waals surface area contributed by atoms with Gasteiger partial charge < -0.3 is 4.74 Å². The summed E-state index contributed by atoms with van der Waals surface area (Å²) in [7, 11) is -3.68. The van der Waals surface area contributed by atoms with Gasteiger partial charge in [0.1, 0.15) is 17.3 Å². The largest absolute Gasteiger partial charge is 0.457 e. The van der Waals surface area contributed by atoms with Crippen molar-refractivity contribution < 1.29 is 27.1 Å². The van der Waals surface area contributed by atoms with Gasteiger partial charge in [-0.15, -0.1) is 0 Å². The molecule has 0 aromatic heterocycles. The first-order valence-electron chi connectivity index (χ1n) is 9.15. The van der Waals surface area contributed by atoms with Crippen LogP contribution in [-0.4, -0.2) is 37.4 Å². The Morgan fingerprint density at radius 2 is 1.69 bits per heavy atom. The summed E-state index contributed by atoms with van der Waals surface area (Å²) in [6.45, 7) is -0.119. The first kappa shape index (κ1) is 20.9. The zero-order chi connectivity index (χ0) is 20.9. The molecule has 1 saturated heterocycles. The molecule has 29 heavy (non-hydrogen) atoms. The number of hydrogen-bond donors (Lipinski definition) is 1. The number of carbonyl (C=O) groups excluding carboxylic acids is 2. The van der Waals surface area contributed by atoms with Crippen molar-refractivity contribution in [3.63, 3.8) is 0 Å². The van der Waals surface area contributed by atoms with E-state index < -0.39 is 10.0 Å². The fraction of sp³-hybridized carbons (Fsp3) is 0.300. The highest BCUT2D eigenvalue weighted by Gasteiger charge is 2.27. The number of hydrogen-bond acceptors (Lipinski definition) is 5. The Morgan fingerprint density at radius 1 is 1.00 bits per heavy atom. The van der Waals surface area contributed by atoms with Gasteiger partial charge in [0.15, 0.2) is 0 Å². The number of nitrogens with one attached hydrogen (secondary N) is 1. The number of ether oxygens (including phenoxy) is 1. The van der Waals surface area contributed by atoms with Crippen LogP contribution in [0, 0.1) is 5.82 Å². The van der Waals surface area contributed by atoms with Crippen molar-refractivity contribution in [3.05, 3.63) is 59.9 Å². The van der Waals surface area contributed by atoms with Gasteiger partial charge in [-0.3, -0.25) is 14.5 Å². The molecule has 0 radical (unpaired) electrons. The number of benzene rings is 2. The molecule has 2 aromatic carbocycles. The summed E-state index contributed by atoms with van der Waals surface area (Å²) in [6, 6.07) is 12.4. The second kappa shape index (κ2) is 9.15. The minimum Gasteiger partial charge on any atom is -0.457 e. The van der Waals surface area contributed by atoms with Crippen molar-refractivity contribution in [1.82, 2.24) is 9.62 Å². The van der Waals surface area contributed by atoms with Crippen molar-refractivity contribution in [3.8, 4) is 11.5 Å². The van der Waals surface area contributed by atoms with Crippen LogP contribution in [0.5, 0.6) is 11.5 Å². The number of carbonyl (C=O) groups is 2. The highest BCUT2D eigenvalue weighted by Crippen LogP contribution is 2.22. The third-order valence-corrected chi connectivity index (χ3v) is 5.72. The summed E-state index contributed by atoms with van der Waals surface area (Å²) in [4.78, 5) is 24.5. The van der Waals surface area contributed by atoms with Gasteiger partial charge in [-0.25, -0.2) is 17.5 Å². The summed E-state index contributed by atoms with van der Waals surface area (Å²) in [5.41, 5.74) is 0.665. The predicted molar refractivity (Wildman–Crippen MR) is 104 cm³/mol. The van der Waals surface area contributed by atoms with Crippen LogP contribution in [-0.2, 0) is 26.2 Å². The lowest BCUT2D eigenvalue weighted by molar-refractivity contribution is -0.147. The Balaban J connectivity index is 1.55. The van der Waals surface area contributed by atoms with Crippen molar-refractivity contribution >= 4 is 21.8 Å². The van der Waals surface area contributed by atoms with Crippen molar-refractivity contribution in [1.29, 1.82) is 0 Å². The molecular weight excluding hydrogens is 399 g/mol. The van der Waals surface area contributed by atoms with E-state index in [0.717, 1.165) is 4.90 Å². The summed E-state index contributed by atoms with van der Waals surface area (Å²) in [6.07, 6.45) is 1.04. The molecule has 0 unspecified atom stereocenters. The van der Waals surface area contributed by atoms with E-state index >= 15 is 0 Å². The van der Waals surface area contributed by atoms with Gasteiger partial charge in [-0.1, -0.05) is 12.1 Å². The van der Waals surface area contributed by atoms with Gasteiger partial charge >= 0.3 is 0 Å². The fourth-order valence-corrected chi connectivity index (χ4v) is 3.84. The molecule has 2 aromatic rings. The highest BCUT2D eigenvalue weighted by atomic mass is 32.2. The minimum absolute atomic E-state index is 0.0326. The van der Waals surface area contributed by atoms with Crippen molar-refractivity contribution in [2.45, 2.75) is 25.8 Å². The molecule has 1 fully saturated rings. The average molecular weight is 420 g/mol. The summed E-state index contributed by atoms with van der Waals surface area (Å²) >= 11 is 0. The predicted octanol–water partition coefficient (Wildman–Crippen LogP) is 2.58. The molecule has 0 atom stereocenters. The number of amides is 2. The van der Waals surface area contributed by atoms with E-state index in [1.54, 1.807) is 24.3 Å². The van der Waals surface area contributed by atoms with Crippen LogP contribution in [0.1, 0.15) is 24.8 Å². The molecule has 9 heteroatoms. The maximum Gasteiger partial charge on any atom is 0.229 e. The van der Waals surface area contributed by atoms with Crippen LogP contribution >= 0.6 is 0 Å². The first-order valence-corrected chi connectivity index (χ1v) is 10.8. The summed E-state index contributed by atoms with van der Waals surface area (Å²) in [5, 5.41) is 0. The van der Waals surface area contributed by atoms with E-state index in [1.807, 2.05) is 0 Å². The Hall–Kier alpha value is -2.78. The lowest BCUT2D eigenvalue weighted by atomic mass is 10.1. The van der Waals surface area contributed by atoms with E-state index in [2.05, 4.69) is 4.72 Å². The van der Waals surface area contributed by atoms with Crippen LogP contribution < -0.4 is 9.46 Å². The number of halogens is 1. The van der Waals surface area contributed by atoms with E-state index in [1.165, 1.54) is 24.3 Å². The number of imide groups is 1. The summed E-state index contributed by atoms with van der Waals surface area (Å²) in [5.74, 6) is -0.438. The van der Waals surface area contributed by atoms with Crippen molar-refractivity contribution in [2.75, 3.05) is 12.3 Å². The SMILES string of the molecule is O=C1CCCC(=O)N1CCS(=O)(=O)NCc1cccc(Oc2ccc(F)cc2)c1. The second-order valence-corrected chi connectivity index (χ2v) is 8.56. The molecule has 1 aliphatic rings. The third-order valence-electron chi connectivity index (χ3n) is 4.41. The molecule has 7 nitrogen and oxygen atoms in total. The number of likely N-dealkylation sites (tertiary alicyclic amines) is 1. The second-order valence-electron chi connectivity index (χ2n) is 6.64. The van der Waals surface area contributed by atoms with Gasteiger partial charge in [0.25, 0.3) is 0 Å². The van der Waals surface area contributed by atoms with E-state index in [9.17, 15) is 22.4 Å². The molecule has 0 spiro atoms. The molecule has 0 bridgehead atoms. The monoisotopic (exact) mass is 420 g/mol. The average Bonchev–Trinajstić information content (AvgIpc) is 2.68. The number of rotatable bonds is 8. The van der Waals surface area contributed by atoms with E-state index in [-0.39, 0.29) is 49.3 Å².